The maximum absolute atomic E-state index is 10.2. The average molecular weight is 302 g/mol. The van der Waals surface area contributed by atoms with Crippen LogP contribution in [0.15, 0.2) is 42.7 Å². The molecule has 0 fully saturated rings. The van der Waals surface area contributed by atoms with Gasteiger partial charge in [0.2, 0.25) is 0 Å². The first-order valence-electron chi connectivity index (χ1n) is 7.19. The zero-order chi connectivity index (χ0) is 15.9. The highest BCUT2D eigenvalue weighted by Gasteiger charge is 2.14. The van der Waals surface area contributed by atoms with Crippen molar-refractivity contribution in [2.45, 2.75) is 19.1 Å². The fourth-order valence-electron chi connectivity index (χ4n) is 2.28. The van der Waals surface area contributed by atoms with Crippen LogP contribution in [-0.4, -0.2) is 30.9 Å². The van der Waals surface area contributed by atoms with Crippen molar-refractivity contribution in [2.24, 2.45) is 0 Å². The van der Waals surface area contributed by atoms with Gasteiger partial charge in [0.25, 0.3) is 0 Å². The minimum Gasteiger partial charge on any atom is -0.497 e. The highest BCUT2D eigenvalue weighted by atomic mass is 16.5. The van der Waals surface area contributed by atoms with Crippen LogP contribution in [0.1, 0.15) is 30.2 Å². The second kappa shape index (κ2) is 7.77. The molecule has 0 amide bonds. The number of aliphatic hydroxyl groups is 1. The summed E-state index contributed by atoms with van der Waals surface area (Å²) < 4.78 is 10.7. The topological polar surface area (TPSA) is 63.6 Å². The molecule has 2 unspecified atom stereocenters. The van der Waals surface area contributed by atoms with Gasteiger partial charge in [0.05, 0.1) is 20.3 Å². The zero-order valence-corrected chi connectivity index (χ0v) is 13.1. The van der Waals surface area contributed by atoms with E-state index in [2.05, 4.69) is 10.3 Å². The van der Waals surface area contributed by atoms with Crippen molar-refractivity contribution in [1.82, 2.24) is 10.3 Å². The number of methoxy groups -OCH3 is 2. The molecule has 22 heavy (non-hydrogen) atoms. The van der Waals surface area contributed by atoms with Crippen molar-refractivity contribution < 1.29 is 14.6 Å². The molecule has 0 spiro atoms. The molecule has 0 radical (unpaired) electrons. The lowest BCUT2D eigenvalue weighted by molar-refractivity contribution is 0.170. The lowest BCUT2D eigenvalue weighted by atomic mass is 10.1. The Kier molecular flexibility index (Phi) is 5.75. The molecule has 5 heteroatoms. The Bertz CT molecular complexity index is 590. The van der Waals surface area contributed by atoms with Crippen molar-refractivity contribution in [3.05, 3.63) is 53.9 Å². The van der Waals surface area contributed by atoms with Gasteiger partial charge in [-0.1, -0.05) is 0 Å². The first-order chi connectivity index (χ1) is 10.7. The largest absolute Gasteiger partial charge is 0.497 e. The summed E-state index contributed by atoms with van der Waals surface area (Å²) >= 11 is 0. The summed E-state index contributed by atoms with van der Waals surface area (Å²) in [4.78, 5) is 3.95. The van der Waals surface area contributed by atoms with Crippen LogP contribution in [0.4, 0.5) is 0 Å². The number of hydrogen-bond donors (Lipinski definition) is 2. The van der Waals surface area contributed by atoms with Gasteiger partial charge in [-0.2, -0.15) is 0 Å². The number of aromatic nitrogens is 1. The molecule has 2 atom stereocenters. The Morgan fingerprint density at radius 3 is 2.50 bits per heavy atom. The van der Waals surface area contributed by atoms with E-state index in [0.29, 0.717) is 6.54 Å². The molecule has 5 nitrogen and oxygen atoms in total. The van der Waals surface area contributed by atoms with Crippen molar-refractivity contribution >= 4 is 0 Å². The van der Waals surface area contributed by atoms with Crippen LogP contribution in [0.5, 0.6) is 11.5 Å². The predicted molar refractivity (Wildman–Crippen MR) is 85.2 cm³/mol. The minimum absolute atomic E-state index is 0.0153. The molecule has 0 saturated heterocycles. The third-order valence-corrected chi connectivity index (χ3v) is 3.61. The van der Waals surface area contributed by atoms with Crippen molar-refractivity contribution in [3.63, 3.8) is 0 Å². The van der Waals surface area contributed by atoms with E-state index in [9.17, 15) is 5.11 Å². The number of ether oxygens (including phenoxy) is 2. The number of nitrogens with zero attached hydrogens (tertiary/aromatic N) is 1. The number of aliphatic hydroxyl groups excluding tert-OH is 1. The third-order valence-electron chi connectivity index (χ3n) is 3.61. The van der Waals surface area contributed by atoms with Gasteiger partial charge in [-0.05, 0) is 42.8 Å². The maximum Gasteiger partial charge on any atom is 0.123 e. The molecular weight excluding hydrogens is 280 g/mol. The van der Waals surface area contributed by atoms with E-state index in [1.807, 2.05) is 37.3 Å². The molecule has 2 aromatic rings. The van der Waals surface area contributed by atoms with Gasteiger partial charge < -0.3 is 19.9 Å². The average Bonchev–Trinajstić information content (AvgIpc) is 2.59. The van der Waals surface area contributed by atoms with Gasteiger partial charge in [-0.25, -0.2) is 0 Å². The summed E-state index contributed by atoms with van der Waals surface area (Å²) in [6.07, 6.45) is 2.77. The van der Waals surface area contributed by atoms with Gasteiger partial charge in [0, 0.05) is 30.5 Å². The number of hydrogen-bond acceptors (Lipinski definition) is 5. The summed E-state index contributed by atoms with van der Waals surface area (Å²) in [7, 11) is 3.28. The van der Waals surface area contributed by atoms with Crippen LogP contribution in [0.25, 0.3) is 0 Å². The standard InChI is InChI=1S/C17H22N2O3/c1-12(15-10-14(21-2)4-5-17(15)22-3)19-11-16(20)13-6-8-18-9-7-13/h4-10,12,16,19-20H,11H2,1-3H3. The molecule has 1 heterocycles. The highest BCUT2D eigenvalue weighted by Crippen LogP contribution is 2.29. The third kappa shape index (κ3) is 3.96. The van der Waals surface area contributed by atoms with E-state index < -0.39 is 6.10 Å². The number of nitrogens with one attached hydrogen (secondary N) is 1. The second-order valence-corrected chi connectivity index (χ2v) is 5.03. The Hall–Kier alpha value is -2.11. The fourth-order valence-corrected chi connectivity index (χ4v) is 2.28. The van der Waals surface area contributed by atoms with E-state index in [-0.39, 0.29) is 6.04 Å². The Morgan fingerprint density at radius 2 is 1.86 bits per heavy atom. The Labute approximate surface area is 130 Å². The van der Waals surface area contributed by atoms with Gasteiger partial charge in [-0.15, -0.1) is 0 Å². The highest BCUT2D eigenvalue weighted by molar-refractivity contribution is 5.42. The van der Waals surface area contributed by atoms with E-state index >= 15 is 0 Å². The van der Waals surface area contributed by atoms with Crippen LogP contribution >= 0.6 is 0 Å². The first-order valence-corrected chi connectivity index (χ1v) is 7.19. The summed E-state index contributed by atoms with van der Waals surface area (Å²) in [5.74, 6) is 1.57. The number of rotatable bonds is 7. The molecule has 2 rings (SSSR count). The molecular formula is C17H22N2O3. The van der Waals surface area contributed by atoms with E-state index in [1.54, 1.807) is 26.6 Å². The van der Waals surface area contributed by atoms with E-state index in [4.69, 9.17) is 9.47 Å². The minimum atomic E-state index is -0.581. The molecule has 118 valence electrons. The Balaban J connectivity index is 2.04. The van der Waals surface area contributed by atoms with Gasteiger partial charge >= 0.3 is 0 Å². The zero-order valence-electron chi connectivity index (χ0n) is 13.1. The second-order valence-electron chi connectivity index (χ2n) is 5.03. The first kappa shape index (κ1) is 16.3. The summed E-state index contributed by atoms with van der Waals surface area (Å²) in [5, 5.41) is 13.5. The molecule has 0 aliphatic heterocycles. The molecule has 0 aliphatic rings. The summed E-state index contributed by atoms with van der Waals surface area (Å²) in [6.45, 7) is 2.46. The van der Waals surface area contributed by atoms with Crippen LogP contribution in [0, 0.1) is 0 Å². The molecule has 2 N–H and O–H groups in total. The predicted octanol–water partition coefficient (Wildman–Crippen LogP) is 2.48. The normalized spacial score (nSPS) is 13.5. The quantitative estimate of drug-likeness (QED) is 0.822. The van der Waals surface area contributed by atoms with Gasteiger partial charge in [-0.3, -0.25) is 4.98 Å². The summed E-state index contributed by atoms with van der Waals surface area (Å²) in [6, 6.07) is 9.32. The lowest BCUT2D eigenvalue weighted by Crippen LogP contribution is -2.25. The molecule has 0 saturated carbocycles. The van der Waals surface area contributed by atoms with Crippen LogP contribution in [0.3, 0.4) is 0 Å². The lowest BCUT2D eigenvalue weighted by Gasteiger charge is -2.20. The fraction of sp³-hybridized carbons (Fsp3) is 0.353. The SMILES string of the molecule is COc1ccc(OC)c(C(C)NCC(O)c2ccncc2)c1. The van der Waals surface area contributed by atoms with E-state index in [1.165, 1.54) is 0 Å². The maximum atomic E-state index is 10.2. The molecule has 0 bridgehead atoms. The molecule has 0 aliphatic carbocycles. The monoisotopic (exact) mass is 302 g/mol. The van der Waals surface area contributed by atoms with Crippen molar-refractivity contribution in [3.8, 4) is 11.5 Å². The molecule has 1 aromatic carbocycles. The van der Waals surface area contributed by atoms with Crippen molar-refractivity contribution in [1.29, 1.82) is 0 Å². The number of pyridine rings is 1. The van der Waals surface area contributed by atoms with E-state index in [0.717, 1.165) is 22.6 Å². The van der Waals surface area contributed by atoms with Crippen LogP contribution < -0.4 is 14.8 Å². The number of benzene rings is 1. The van der Waals surface area contributed by atoms with Crippen LogP contribution in [0.2, 0.25) is 0 Å². The van der Waals surface area contributed by atoms with Crippen molar-refractivity contribution in [2.75, 3.05) is 20.8 Å². The van der Waals surface area contributed by atoms with Gasteiger partial charge in [0.15, 0.2) is 0 Å². The Morgan fingerprint density at radius 1 is 1.14 bits per heavy atom. The smallest absolute Gasteiger partial charge is 0.123 e. The van der Waals surface area contributed by atoms with Crippen LogP contribution in [-0.2, 0) is 0 Å². The van der Waals surface area contributed by atoms with Gasteiger partial charge in [0.1, 0.15) is 11.5 Å². The molecule has 1 aromatic heterocycles. The summed E-state index contributed by atoms with van der Waals surface area (Å²) in [5.41, 5.74) is 1.83.